The molecule has 1 fully saturated rings. The zero-order valence-corrected chi connectivity index (χ0v) is 16.4. The fourth-order valence-corrected chi connectivity index (χ4v) is 3.47. The monoisotopic (exact) mass is 376 g/mol. The van der Waals surface area contributed by atoms with Gasteiger partial charge in [-0.2, -0.15) is 9.36 Å². The third kappa shape index (κ3) is 3.50. The minimum absolute atomic E-state index is 0.263. The summed E-state index contributed by atoms with van der Waals surface area (Å²) in [5, 5.41) is 7.88. The van der Waals surface area contributed by atoms with Crippen molar-refractivity contribution >= 4 is 6.08 Å². The maximum Gasteiger partial charge on any atom is 0.368 e. The molecule has 2 aromatic carbocycles. The third-order valence-electron chi connectivity index (χ3n) is 5.08. The van der Waals surface area contributed by atoms with Gasteiger partial charge in [0.1, 0.15) is 12.4 Å². The van der Waals surface area contributed by atoms with Crippen LogP contribution in [0.25, 0.3) is 11.8 Å². The molecular formula is C22H24N4O2. The minimum atomic E-state index is -0.263. The first kappa shape index (κ1) is 18.2. The van der Waals surface area contributed by atoms with E-state index in [1.807, 2.05) is 44.2 Å². The van der Waals surface area contributed by atoms with Crippen LogP contribution in [-0.2, 0) is 13.7 Å². The van der Waals surface area contributed by atoms with Crippen LogP contribution >= 0.6 is 0 Å². The third-order valence-corrected chi connectivity index (χ3v) is 5.08. The number of aryl methyl sites for hydroxylation is 2. The second-order valence-corrected chi connectivity index (χ2v) is 7.23. The number of benzene rings is 2. The number of nitrogens with zero attached hydrogens (tertiary/aromatic N) is 4. The molecule has 0 amide bonds. The predicted molar refractivity (Wildman–Crippen MR) is 109 cm³/mol. The van der Waals surface area contributed by atoms with Gasteiger partial charge in [0.15, 0.2) is 0 Å². The number of hydrogen-bond acceptors (Lipinski definition) is 4. The molecule has 0 aliphatic heterocycles. The zero-order chi connectivity index (χ0) is 19.7. The van der Waals surface area contributed by atoms with E-state index >= 15 is 0 Å². The Morgan fingerprint density at radius 3 is 2.68 bits per heavy atom. The van der Waals surface area contributed by atoms with Crippen LogP contribution in [0.2, 0.25) is 0 Å². The summed E-state index contributed by atoms with van der Waals surface area (Å²) < 4.78 is 8.78. The fourth-order valence-electron chi connectivity index (χ4n) is 3.47. The van der Waals surface area contributed by atoms with Gasteiger partial charge in [-0.25, -0.2) is 4.79 Å². The molecule has 0 spiro atoms. The molecule has 28 heavy (non-hydrogen) atoms. The maximum atomic E-state index is 12.4. The van der Waals surface area contributed by atoms with E-state index in [1.165, 1.54) is 27.8 Å². The molecule has 3 aromatic rings. The van der Waals surface area contributed by atoms with E-state index in [9.17, 15) is 4.79 Å². The first-order chi connectivity index (χ1) is 13.6. The van der Waals surface area contributed by atoms with Crippen molar-refractivity contribution in [3.05, 3.63) is 75.2 Å². The molecule has 0 bridgehead atoms. The number of aromatic nitrogens is 4. The highest BCUT2D eigenvalue weighted by Gasteiger charge is 2.28. The van der Waals surface area contributed by atoms with E-state index in [0.717, 1.165) is 28.1 Å². The number of tetrazole rings is 1. The molecular weight excluding hydrogens is 352 g/mol. The van der Waals surface area contributed by atoms with E-state index in [0.29, 0.717) is 12.5 Å². The summed E-state index contributed by atoms with van der Waals surface area (Å²) >= 11 is 0. The van der Waals surface area contributed by atoms with Gasteiger partial charge in [-0.15, -0.1) is 0 Å². The second-order valence-electron chi connectivity index (χ2n) is 7.23. The number of allylic oxidation sites excluding steroid dienone is 1. The summed E-state index contributed by atoms with van der Waals surface area (Å²) in [5.74, 6) is 1.38. The molecule has 0 unspecified atom stereocenters. The Balaban J connectivity index is 1.69. The summed E-state index contributed by atoms with van der Waals surface area (Å²) in [7, 11) is 1.60. The zero-order valence-electron chi connectivity index (χ0n) is 16.4. The van der Waals surface area contributed by atoms with Crippen molar-refractivity contribution in [1.82, 2.24) is 19.8 Å². The van der Waals surface area contributed by atoms with E-state index in [-0.39, 0.29) is 5.69 Å². The molecule has 4 rings (SSSR count). The Hall–Kier alpha value is -3.15. The van der Waals surface area contributed by atoms with Crippen molar-refractivity contribution in [3.8, 4) is 11.4 Å². The largest absolute Gasteiger partial charge is 0.489 e. The molecule has 1 saturated carbocycles. The predicted octanol–water partition coefficient (Wildman–Crippen LogP) is 3.76. The molecule has 144 valence electrons. The van der Waals surface area contributed by atoms with Crippen LogP contribution in [0.5, 0.6) is 5.75 Å². The lowest BCUT2D eigenvalue weighted by molar-refractivity contribution is 0.302. The molecule has 0 saturated heterocycles. The van der Waals surface area contributed by atoms with Crippen molar-refractivity contribution < 1.29 is 4.74 Å². The molecule has 1 aromatic heterocycles. The first-order valence-corrected chi connectivity index (χ1v) is 9.56. The number of hydrogen-bond donors (Lipinski definition) is 0. The van der Waals surface area contributed by atoms with Gasteiger partial charge in [-0.05, 0) is 77.9 Å². The Morgan fingerprint density at radius 1 is 1.21 bits per heavy atom. The lowest BCUT2D eigenvalue weighted by Gasteiger charge is -2.16. The molecule has 0 N–H and O–H groups in total. The van der Waals surface area contributed by atoms with Crippen molar-refractivity contribution in [2.45, 2.75) is 39.2 Å². The molecule has 0 radical (unpaired) electrons. The van der Waals surface area contributed by atoms with Crippen LogP contribution in [0.3, 0.4) is 0 Å². The average Bonchev–Trinajstić information content (AvgIpc) is 3.48. The minimum Gasteiger partial charge on any atom is -0.489 e. The Morgan fingerprint density at radius 2 is 2.04 bits per heavy atom. The van der Waals surface area contributed by atoms with Gasteiger partial charge in [-0.1, -0.05) is 30.4 Å². The highest BCUT2D eigenvalue weighted by Crippen LogP contribution is 2.43. The molecule has 1 heterocycles. The van der Waals surface area contributed by atoms with Gasteiger partial charge in [0.25, 0.3) is 0 Å². The van der Waals surface area contributed by atoms with Crippen molar-refractivity contribution in [1.29, 1.82) is 0 Å². The van der Waals surface area contributed by atoms with E-state index < -0.39 is 0 Å². The van der Waals surface area contributed by atoms with E-state index in [1.54, 1.807) is 7.05 Å². The maximum absolute atomic E-state index is 12.4. The average molecular weight is 376 g/mol. The fraction of sp³-hybridized carbons (Fsp3) is 0.318. The standard InChI is InChI=1S/C22H24N4O2/c1-4-6-16-9-12-21(15(2)13-16)28-14-19-18(17-10-11-17)7-5-8-20(19)26-22(27)25(3)23-24-26/h4-9,12-13,17H,10-11,14H2,1-3H3. The summed E-state index contributed by atoms with van der Waals surface area (Å²) in [4.78, 5) is 12.4. The lowest BCUT2D eigenvalue weighted by Crippen LogP contribution is -2.23. The van der Waals surface area contributed by atoms with Crippen LogP contribution in [0.1, 0.15) is 47.9 Å². The molecule has 0 atom stereocenters. The second kappa shape index (κ2) is 7.46. The van der Waals surface area contributed by atoms with Crippen molar-refractivity contribution in [3.63, 3.8) is 0 Å². The smallest absolute Gasteiger partial charge is 0.368 e. The van der Waals surface area contributed by atoms with Gasteiger partial charge < -0.3 is 4.74 Å². The highest BCUT2D eigenvalue weighted by atomic mass is 16.5. The number of rotatable bonds is 6. The van der Waals surface area contributed by atoms with Crippen LogP contribution in [-0.4, -0.2) is 19.8 Å². The van der Waals surface area contributed by atoms with E-state index in [2.05, 4.69) is 28.6 Å². The van der Waals surface area contributed by atoms with E-state index in [4.69, 9.17) is 4.74 Å². The van der Waals surface area contributed by atoms with Crippen LogP contribution in [0.15, 0.2) is 47.3 Å². The van der Waals surface area contributed by atoms with Gasteiger partial charge >= 0.3 is 5.69 Å². The summed E-state index contributed by atoms with van der Waals surface area (Å²) in [6.45, 7) is 4.43. The summed E-state index contributed by atoms with van der Waals surface area (Å²) in [6.07, 6.45) is 6.43. The molecule has 6 heteroatoms. The topological polar surface area (TPSA) is 61.9 Å². The quantitative estimate of drug-likeness (QED) is 0.657. The lowest BCUT2D eigenvalue weighted by atomic mass is 10.0. The van der Waals surface area contributed by atoms with Crippen LogP contribution in [0.4, 0.5) is 0 Å². The van der Waals surface area contributed by atoms with Gasteiger partial charge in [0, 0.05) is 12.6 Å². The summed E-state index contributed by atoms with van der Waals surface area (Å²) in [5.41, 5.74) is 4.95. The van der Waals surface area contributed by atoms with Crippen molar-refractivity contribution in [2.75, 3.05) is 0 Å². The molecule has 1 aliphatic carbocycles. The van der Waals surface area contributed by atoms with Crippen LogP contribution in [0, 0.1) is 6.92 Å². The number of ether oxygens (including phenoxy) is 1. The Bertz CT molecular complexity index is 1090. The SMILES string of the molecule is CC=Cc1ccc(OCc2c(C3CC3)cccc2-n2nnn(C)c2=O)c(C)c1. The van der Waals surface area contributed by atoms with Crippen LogP contribution < -0.4 is 10.4 Å². The summed E-state index contributed by atoms with van der Waals surface area (Å²) in [6, 6.07) is 12.2. The van der Waals surface area contributed by atoms with Crippen molar-refractivity contribution in [2.24, 2.45) is 7.05 Å². The Labute approximate surface area is 164 Å². The molecule has 1 aliphatic rings. The Kier molecular flexibility index (Phi) is 4.86. The van der Waals surface area contributed by atoms with Gasteiger partial charge in [0.05, 0.1) is 5.69 Å². The molecule has 6 nitrogen and oxygen atoms in total. The first-order valence-electron chi connectivity index (χ1n) is 9.56. The van der Waals surface area contributed by atoms with Gasteiger partial charge in [0.2, 0.25) is 0 Å². The normalized spacial score (nSPS) is 14.0. The highest BCUT2D eigenvalue weighted by molar-refractivity contribution is 5.53. The van der Waals surface area contributed by atoms with Gasteiger partial charge in [-0.3, -0.25) is 0 Å².